The fourth-order valence-electron chi connectivity index (χ4n) is 2.48. The van der Waals surface area contributed by atoms with Crippen molar-refractivity contribution in [3.8, 4) is 0 Å². The van der Waals surface area contributed by atoms with Gasteiger partial charge in [0.2, 0.25) is 5.91 Å². The Morgan fingerprint density at radius 3 is 2.89 bits per heavy atom. The van der Waals surface area contributed by atoms with Gasteiger partial charge >= 0.3 is 0 Å². The first-order valence-corrected chi connectivity index (χ1v) is 6.82. The van der Waals surface area contributed by atoms with E-state index in [9.17, 15) is 9.90 Å². The summed E-state index contributed by atoms with van der Waals surface area (Å²) in [6.07, 6.45) is 0.929. The summed E-state index contributed by atoms with van der Waals surface area (Å²) < 4.78 is 0. The van der Waals surface area contributed by atoms with Crippen LogP contribution in [0.5, 0.6) is 0 Å². The minimum Gasteiger partial charge on any atom is -0.392 e. The summed E-state index contributed by atoms with van der Waals surface area (Å²) in [5, 5.41) is 15.4. The summed E-state index contributed by atoms with van der Waals surface area (Å²) >= 11 is 0. The number of β-amino-alcohol motifs (C(OH)–C–C–N with tert-alkyl or cyclic N) is 1. The van der Waals surface area contributed by atoms with Gasteiger partial charge in [-0.05, 0) is 37.8 Å². The highest BCUT2D eigenvalue weighted by atomic mass is 16.3. The number of amides is 1. The summed E-state index contributed by atoms with van der Waals surface area (Å²) in [5.74, 6) is -0.0161. The zero-order valence-electron chi connectivity index (χ0n) is 11.5. The van der Waals surface area contributed by atoms with Gasteiger partial charge in [-0.1, -0.05) is 24.3 Å². The molecule has 0 radical (unpaired) electrons. The summed E-state index contributed by atoms with van der Waals surface area (Å²) in [5.41, 5.74) is 2.51. The molecule has 1 aliphatic heterocycles. The average molecular weight is 262 g/mol. The molecule has 3 N–H and O–H groups in total. The molecule has 4 nitrogen and oxygen atoms in total. The quantitative estimate of drug-likeness (QED) is 0.751. The van der Waals surface area contributed by atoms with Gasteiger partial charge in [-0.2, -0.15) is 0 Å². The molecule has 3 atom stereocenters. The number of carbonyl (C=O) groups is 1. The second kappa shape index (κ2) is 6.17. The maximum Gasteiger partial charge on any atom is 0.237 e. The molecular formula is C15H22N2O2. The summed E-state index contributed by atoms with van der Waals surface area (Å²) in [6, 6.07) is 8.05. The van der Waals surface area contributed by atoms with E-state index in [0.29, 0.717) is 13.0 Å². The Morgan fingerprint density at radius 1 is 1.53 bits per heavy atom. The third-order valence-electron chi connectivity index (χ3n) is 3.60. The van der Waals surface area contributed by atoms with E-state index in [1.165, 1.54) is 11.1 Å². The van der Waals surface area contributed by atoms with Crippen LogP contribution in [0.15, 0.2) is 24.3 Å². The molecule has 1 aliphatic rings. The molecule has 0 aromatic heterocycles. The Bertz CT molecular complexity index is 448. The van der Waals surface area contributed by atoms with E-state index in [4.69, 9.17) is 0 Å². The van der Waals surface area contributed by atoms with Gasteiger partial charge in [0.05, 0.1) is 12.1 Å². The molecule has 0 spiro atoms. The third kappa shape index (κ3) is 3.78. The summed E-state index contributed by atoms with van der Waals surface area (Å²) in [6.45, 7) is 4.60. The molecule has 1 heterocycles. The second-order valence-corrected chi connectivity index (χ2v) is 5.39. The van der Waals surface area contributed by atoms with Crippen LogP contribution in [-0.4, -0.2) is 35.7 Å². The number of aliphatic hydroxyl groups excluding tert-OH is 1. The smallest absolute Gasteiger partial charge is 0.237 e. The highest BCUT2D eigenvalue weighted by molar-refractivity contribution is 5.82. The van der Waals surface area contributed by atoms with E-state index in [-0.39, 0.29) is 18.0 Å². The SMILES string of the molecule is Cc1ccccc1C[C@H](C)NC(=O)[C@@H]1C[C@H](O)CN1. The Balaban J connectivity index is 1.86. The van der Waals surface area contributed by atoms with Crippen LogP contribution in [0.2, 0.25) is 0 Å². The predicted molar refractivity (Wildman–Crippen MR) is 74.9 cm³/mol. The molecule has 0 saturated carbocycles. The Labute approximate surface area is 114 Å². The van der Waals surface area contributed by atoms with Gasteiger partial charge in [0.25, 0.3) is 0 Å². The first-order chi connectivity index (χ1) is 9.06. The standard InChI is InChI=1S/C15H22N2O2/c1-10-5-3-4-6-12(10)7-11(2)17-15(19)14-8-13(18)9-16-14/h3-6,11,13-14,16,18H,7-9H2,1-2H3,(H,17,19)/t11-,13-,14-/m0/s1. The second-order valence-electron chi connectivity index (χ2n) is 5.39. The molecule has 4 heteroatoms. The molecule has 1 aromatic rings. The van der Waals surface area contributed by atoms with Gasteiger partial charge in [-0.25, -0.2) is 0 Å². The Hall–Kier alpha value is -1.39. The van der Waals surface area contributed by atoms with Crippen molar-refractivity contribution in [3.63, 3.8) is 0 Å². The van der Waals surface area contributed by atoms with Crippen molar-refractivity contribution < 1.29 is 9.90 Å². The van der Waals surface area contributed by atoms with Crippen LogP contribution in [0.3, 0.4) is 0 Å². The first kappa shape index (κ1) is 14.0. The van der Waals surface area contributed by atoms with Crippen molar-refractivity contribution in [1.29, 1.82) is 0 Å². The van der Waals surface area contributed by atoms with E-state index in [0.717, 1.165) is 6.42 Å². The van der Waals surface area contributed by atoms with Crippen molar-refractivity contribution in [1.82, 2.24) is 10.6 Å². The lowest BCUT2D eigenvalue weighted by Crippen LogP contribution is -2.44. The molecule has 19 heavy (non-hydrogen) atoms. The minimum atomic E-state index is -0.401. The molecule has 1 aromatic carbocycles. The number of rotatable bonds is 4. The van der Waals surface area contributed by atoms with Crippen LogP contribution in [-0.2, 0) is 11.2 Å². The van der Waals surface area contributed by atoms with Crippen LogP contribution < -0.4 is 10.6 Å². The molecule has 1 saturated heterocycles. The Kier molecular flexibility index (Phi) is 4.56. The number of carbonyl (C=O) groups excluding carboxylic acids is 1. The van der Waals surface area contributed by atoms with Crippen molar-refractivity contribution in [2.24, 2.45) is 0 Å². The van der Waals surface area contributed by atoms with Crippen LogP contribution in [0, 0.1) is 6.92 Å². The van der Waals surface area contributed by atoms with Gasteiger partial charge in [-0.15, -0.1) is 0 Å². The van der Waals surface area contributed by atoms with Crippen LogP contribution in [0.1, 0.15) is 24.5 Å². The molecule has 1 fully saturated rings. The number of aryl methyl sites for hydroxylation is 1. The summed E-state index contributed by atoms with van der Waals surface area (Å²) in [7, 11) is 0. The van der Waals surface area contributed by atoms with E-state index < -0.39 is 6.10 Å². The molecule has 0 unspecified atom stereocenters. The van der Waals surface area contributed by atoms with E-state index in [2.05, 4.69) is 29.7 Å². The summed E-state index contributed by atoms with van der Waals surface area (Å²) in [4.78, 5) is 12.0. The van der Waals surface area contributed by atoms with Crippen LogP contribution in [0.25, 0.3) is 0 Å². The normalized spacial score (nSPS) is 24.2. The topological polar surface area (TPSA) is 61.4 Å². The van der Waals surface area contributed by atoms with Gasteiger partial charge in [-0.3, -0.25) is 4.79 Å². The Morgan fingerprint density at radius 2 is 2.26 bits per heavy atom. The van der Waals surface area contributed by atoms with Crippen LogP contribution in [0.4, 0.5) is 0 Å². The predicted octanol–water partition coefficient (Wildman–Crippen LogP) is 0.765. The molecule has 0 aliphatic carbocycles. The molecule has 0 bridgehead atoms. The van der Waals surface area contributed by atoms with E-state index >= 15 is 0 Å². The maximum atomic E-state index is 12.0. The molecule has 1 amide bonds. The van der Waals surface area contributed by atoms with Gasteiger partial charge in [0.15, 0.2) is 0 Å². The molecule has 104 valence electrons. The average Bonchev–Trinajstić information content (AvgIpc) is 2.79. The molecule has 2 rings (SSSR count). The zero-order valence-corrected chi connectivity index (χ0v) is 11.5. The lowest BCUT2D eigenvalue weighted by Gasteiger charge is -2.18. The fraction of sp³-hybridized carbons (Fsp3) is 0.533. The highest BCUT2D eigenvalue weighted by Crippen LogP contribution is 2.11. The minimum absolute atomic E-state index is 0.0161. The number of aliphatic hydroxyl groups is 1. The van der Waals surface area contributed by atoms with Crippen molar-refractivity contribution in [2.75, 3.05) is 6.54 Å². The fourth-order valence-corrected chi connectivity index (χ4v) is 2.48. The van der Waals surface area contributed by atoms with Gasteiger partial charge in [0.1, 0.15) is 0 Å². The monoisotopic (exact) mass is 262 g/mol. The van der Waals surface area contributed by atoms with Crippen molar-refractivity contribution in [3.05, 3.63) is 35.4 Å². The lowest BCUT2D eigenvalue weighted by molar-refractivity contribution is -0.123. The third-order valence-corrected chi connectivity index (χ3v) is 3.60. The zero-order chi connectivity index (χ0) is 13.8. The maximum absolute atomic E-state index is 12.0. The lowest BCUT2D eigenvalue weighted by atomic mass is 10.0. The van der Waals surface area contributed by atoms with E-state index in [1.54, 1.807) is 0 Å². The number of hydrogen-bond donors (Lipinski definition) is 3. The van der Waals surface area contributed by atoms with Crippen molar-refractivity contribution >= 4 is 5.91 Å². The van der Waals surface area contributed by atoms with Gasteiger partial charge < -0.3 is 15.7 Å². The van der Waals surface area contributed by atoms with E-state index in [1.807, 2.05) is 19.1 Å². The number of nitrogens with one attached hydrogen (secondary N) is 2. The number of benzene rings is 1. The largest absolute Gasteiger partial charge is 0.392 e. The first-order valence-electron chi connectivity index (χ1n) is 6.82. The molecular weight excluding hydrogens is 240 g/mol. The highest BCUT2D eigenvalue weighted by Gasteiger charge is 2.28. The van der Waals surface area contributed by atoms with Crippen molar-refractivity contribution in [2.45, 2.75) is 44.9 Å². The van der Waals surface area contributed by atoms with Crippen LogP contribution >= 0.6 is 0 Å². The van der Waals surface area contributed by atoms with Gasteiger partial charge in [0, 0.05) is 12.6 Å². The number of hydrogen-bond acceptors (Lipinski definition) is 3.